The minimum absolute atomic E-state index is 0.00309. The number of hydrogen-bond donors (Lipinski definition) is 1. The van der Waals surface area contributed by atoms with Crippen LogP contribution in [0.15, 0.2) is 34.7 Å². The number of fused-ring (bicyclic) bond motifs is 1. The molecule has 172 valence electrons. The maximum absolute atomic E-state index is 13.7. The molecule has 1 aromatic carbocycles. The first-order chi connectivity index (χ1) is 15.7. The van der Waals surface area contributed by atoms with Gasteiger partial charge in [0.15, 0.2) is 11.3 Å². The van der Waals surface area contributed by atoms with Crippen molar-refractivity contribution in [3.63, 3.8) is 0 Å². The molecule has 0 saturated carbocycles. The van der Waals surface area contributed by atoms with Gasteiger partial charge in [0.25, 0.3) is 10.0 Å². The molecule has 0 atom stereocenters. The maximum Gasteiger partial charge on any atom is 0.306 e. The molecule has 3 heterocycles. The fourth-order valence-electron chi connectivity index (χ4n) is 3.29. The highest BCUT2D eigenvalue weighted by atomic mass is 35.5. The lowest BCUT2D eigenvalue weighted by Crippen LogP contribution is -2.35. The monoisotopic (exact) mass is 528 g/mol. The Morgan fingerprint density at radius 1 is 1.27 bits per heavy atom. The Morgan fingerprint density at radius 3 is 2.70 bits per heavy atom. The molecule has 2 aromatic heterocycles. The van der Waals surface area contributed by atoms with Gasteiger partial charge >= 0.3 is 5.56 Å². The number of thioether (sulfide) groups is 1. The van der Waals surface area contributed by atoms with Gasteiger partial charge in [0.2, 0.25) is 6.19 Å². The smallest absolute Gasteiger partial charge is 0.306 e. The summed E-state index contributed by atoms with van der Waals surface area (Å²) in [5.74, 6) is 0.936. The van der Waals surface area contributed by atoms with Crippen molar-refractivity contribution in [2.24, 2.45) is 0 Å². The highest BCUT2D eigenvalue weighted by Gasteiger charge is 2.24. The number of rotatable bonds is 5. The Kier molecular flexibility index (Phi) is 6.58. The molecule has 0 unspecified atom stereocenters. The molecule has 4 rings (SSSR count). The second-order valence-electron chi connectivity index (χ2n) is 6.88. The molecule has 1 aliphatic rings. The van der Waals surface area contributed by atoms with Gasteiger partial charge in [-0.15, -0.1) is 4.68 Å². The van der Waals surface area contributed by atoms with Crippen LogP contribution >= 0.6 is 35.0 Å². The molecule has 1 aliphatic heterocycles. The summed E-state index contributed by atoms with van der Waals surface area (Å²) < 4.78 is 43.0. The van der Waals surface area contributed by atoms with Crippen molar-refractivity contribution in [2.75, 3.05) is 34.2 Å². The fourth-order valence-corrected chi connectivity index (χ4v) is 5.51. The molecule has 9 nitrogen and oxygen atoms in total. The molecule has 0 radical (unpaired) electrons. The van der Waals surface area contributed by atoms with E-state index in [1.165, 1.54) is 23.0 Å². The molecule has 14 heteroatoms. The lowest BCUT2D eigenvalue weighted by atomic mass is 10.2. The van der Waals surface area contributed by atoms with Crippen LogP contribution in [-0.2, 0) is 10.0 Å². The van der Waals surface area contributed by atoms with E-state index in [0.717, 1.165) is 33.7 Å². The van der Waals surface area contributed by atoms with E-state index in [1.807, 2.05) is 4.90 Å². The van der Waals surface area contributed by atoms with E-state index in [4.69, 9.17) is 23.2 Å². The first-order valence-electron chi connectivity index (χ1n) is 9.42. The van der Waals surface area contributed by atoms with E-state index in [1.54, 1.807) is 18.0 Å². The zero-order valence-electron chi connectivity index (χ0n) is 16.7. The molecule has 1 fully saturated rings. The van der Waals surface area contributed by atoms with Crippen LogP contribution in [0, 0.1) is 17.3 Å². The Bertz CT molecular complexity index is 1470. The summed E-state index contributed by atoms with van der Waals surface area (Å²) in [5.41, 5.74) is 0.00711. The molecular weight excluding hydrogens is 514 g/mol. The first-order valence-corrected chi connectivity index (χ1v) is 12.9. The number of sulfonamides is 1. The summed E-state index contributed by atoms with van der Waals surface area (Å²) in [5, 5.41) is 10.0. The van der Waals surface area contributed by atoms with E-state index in [0.29, 0.717) is 18.8 Å². The second-order valence-corrected chi connectivity index (χ2v) is 10.5. The Morgan fingerprint density at radius 2 is 2.00 bits per heavy atom. The van der Waals surface area contributed by atoms with E-state index in [-0.39, 0.29) is 26.9 Å². The van der Waals surface area contributed by atoms with Crippen LogP contribution in [0.5, 0.6) is 0 Å². The lowest BCUT2D eigenvalue weighted by molar-refractivity contribution is 0.609. The largest absolute Gasteiger partial charge is 0.362 e. The number of nitrogens with zero attached hydrogens (tertiary/aromatic N) is 5. The maximum atomic E-state index is 13.7. The summed E-state index contributed by atoms with van der Waals surface area (Å²) in [4.78, 5) is 18.9. The number of aromatic nitrogens is 3. The summed E-state index contributed by atoms with van der Waals surface area (Å²) in [6.07, 6.45) is 5.38. The van der Waals surface area contributed by atoms with Crippen molar-refractivity contribution >= 4 is 68.1 Å². The predicted molar refractivity (Wildman–Crippen MR) is 128 cm³/mol. The average molecular weight is 529 g/mol. The number of hydrogen-bond acceptors (Lipinski definition) is 7. The van der Waals surface area contributed by atoms with Crippen LogP contribution in [-0.4, -0.2) is 47.2 Å². The molecule has 3 aromatic rings. The quantitative estimate of drug-likeness (QED) is 0.505. The standard InChI is InChI=1S/C19H15Cl2FN6O3S2/c20-14-1-2-15(22)16(21)13(14)3-8-33(30,31)25-12-9-24-18-17(26-4-6-32-7-5-26)19(29)28(11-23)27(18)10-12/h1-3,8-10,25H,4-7H2/b8-3+. The van der Waals surface area contributed by atoms with Gasteiger partial charge < -0.3 is 4.90 Å². The topological polar surface area (TPSA) is 112 Å². The van der Waals surface area contributed by atoms with E-state index in [2.05, 4.69) is 9.71 Å². The van der Waals surface area contributed by atoms with Gasteiger partial charge in [0.1, 0.15) is 5.82 Å². The van der Waals surface area contributed by atoms with Crippen LogP contribution in [0.25, 0.3) is 11.7 Å². The molecule has 1 N–H and O–H groups in total. The van der Waals surface area contributed by atoms with Crippen molar-refractivity contribution in [3.8, 4) is 6.19 Å². The summed E-state index contributed by atoms with van der Waals surface area (Å²) >= 11 is 13.6. The number of nitriles is 1. The van der Waals surface area contributed by atoms with Crippen molar-refractivity contribution in [1.29, 1.82) is 5.26 Å². The van der Waals surface area contributed by atoms with Crippen LogP contribution in [0.3, 0.4) is 0 Å². The van der Waals surface area contributed by atoms with Gasteiger partial charge in [0, 0.05) is 35.2 Å². The van der Waals surface area contributed by atoms with Crippen molar-refractivity contribution in [2.45, 2.75) is 0 Å². The highest BCUT2D eigenvalue weighted by molar-refractivity contribution is 7.99. The van der Waals surface area contributed by atoms with Crippen LogP contribution in [0.2, 0.25) is 10.0 Å². The lowest BCUT2D eigenvalue weighted by Gasteiger charge is -2.26. The SMILES string of the molecule is N#Cn1c(=O)c(N2CCSCC2)c2ncc(NS(=O)(=O)/C=C/c3c(Cl)ccc(F)c3Cl)cn21. The second kappa shape index (κ2) is 9.26. The highest BCUT2D eigenvalue weighted by Crippen LogP contribution is 2.29. The number of halogens is 3. The van der Waals surface area contributed by atoms with Gasteiger partial charge in [-0.2, -0.15) is 17.0 Å². The molecular formula is C19H15Cl2FN6O3S2. The van der Waals surface area contributed by atoms with Gasteiger partial charge in [0.05, 0.1) is 28.5 Å². The minimum Gasteiger partial charge on any atom is -0.362 e. The summed E-state index contributed by atoms with van der Waals surface area (Å²) in [6, 6.07) is 2.32. The molecule has 1 saturated heterocycles. The molecule has 0 amide bonds. The van der Waals surface area contributed by atoms with Crippen LogP contribution in [0.1, 0.15) is 5.56 Å². The molecule has 0 spiro atoms. The molecule has 0 bridgehead atoms. The van der Waals surface area contributed by atoms with E-state index < -0.39 is 21.4 Å². The third kappa shape index (κ3) is 4.67. The summed E-state index contributed by atoms with van der Waals surface area (Å²) in [7, 11) is -4.10. The van der Waals surface area contributed by atoms with Crippen LogP contribution < -0.4 is 15.2 Å². The normalized spacial score (nSPS) is 14.7. The van der Waals surface area contributed by atoms with Crippen molar-refractivity contribution < 1.29 is 12.8 Å². The fraction of sp³-hybridized carbons (Fsp3) is 0.211. The van der Waals surface area contributed by atoms with Gasteiger partial charge in [-0.1, -0.05) is 23.2 Å². The van der Waals surface area contributed by atoms with Crippen molar-refractivity contribution in [1.82, 2.24) is 14.2 Å². The number of anilines is 2. The van der Waals surface area contributed by atoms with Gasteiger partial charge in [-0.25, -0.2) is 22.3 Å². The Hall–Kier alpha value is -2.72. The molecule has 33 heavy (non-hydrogen) atoms. The zero-order chi connectivity index (χ0) is 23.8. The zero-order valence-corrected chi connectivity index (χ0v) is 19.8. The Labute approximate surface area is 202 Å². The van der Waals surface area contributed by atoms with E-state index in [9.17, 15) is 22.9 Å². The molecule has 0 aliphatic carbocycles. The minimum atomic E-state index is -4.10. The first kappa shape index (κ1) is 23.4. The van der Waals surface area contributed by atoms with Gasteiger partial charge in [-0.05, 0) is 18.2 Å². The van der Waals surface area contributed by atoms with Gasteiger partial charge in [-0.3, -0.25) is 9.52 Å². The third-order valence-electron chi connectivity index (χ3n) is 4.80. The van der Waals surface area contributed by atoms with E-state index >= 15 is 0 Å². The number of nitrogens with one attached hydrogen (secondary N) is 1. The van der Waals surface area contributed by atoms with Crippen molar-refractivity contribution in [3.05, 3.63) is 61.7 Å². The summed E-state index contributed by atoms with van der Waals surface area (Å²) in [6.45, 7) is 1.27. The van der Waals surface area contributed by atoms with Crippen LogP contribution in [0.4, 0.5) is 15.8 Å². The average Bonchev–Trinajstić information content (AvgIpc) is 3.07. The number of benzene rings is 1. The Balaban J connectivity index is 1.68. The predicted octanol–water partition coefficient (Wildman–Crippen LogP) is 3.24. The third-order valence-corrected chi connectivity index (χ3v) is 7.47.